The van der Waals surface area contributed by atoms with Gasteiger partial charge in [0.05, 0.1) is 39.4 Å². The molecular formula is C27H17ClF3N5O4. The van der Waals surface area contributed by atoms with Crippen LogP contribution in [0.25, 0.3) is 5.76 Å². The Balaban J connectivity index is 1.44. The number of nitrogens with zero attached hydrogens (tertiary/aromatic N) is 5. The SMILES string of the molecule is CN(c1ncc(C(F)(F)F)cc1Cl)N1C(=O)C2C(C3=C(O)c4ccccc4C3=O)=NC(c3ccccn3)C2C1=O. The zero-order valence-electron chi connectivity index (χ0n) is 20.4. The monoisotopic (exact) mass is 567 g/mol. The molecule has 0 saturated carbocycles. The van der Waals surface area contributed by atoms with Crippen LogP contribution in [0, 0.1) is 11.8 Å². The Morgan fingerprint density at radius 2 is 1.70 bits per heavy atom. The van der Waals surface area contributed by atoms with E-state index in [2.05, 4.69) is 15.0 Å². The molecule has 1 aromatic carbocycles. The predicted octanol–water partition coefficient (Wildman–Crippen LogP) is 4.46. The van der Waals surface area contributed by atoms with Crippen LogP contribution < -0.4 is 5.01 Å². The Morgan fingerprint density at radius 1 is 1.00 bits per heavy atom. The van der Waals surface area contributed by atoms with Gasteiger partial charge in [0.15, 0.2) is 11.6 Å². The van der Waals surface area contributed by atoms with Gasteiger partial charge in [-0.2, -0.15) is 18.2 Å². The van der Waals surface area contributed by atoms with Gasteiger partial charge in [0.25, 0.3) is 11.8 Å². The number of aliphatic imine (C=N–C) groups is 1. The first kappa shape index (κ1) is 25.7. The first-order valence-electron chi connectivity index (χ1n) is 11.9. The maximum atomic E-state index is 13.9. The van der Waals surface area contributed by atoms with Crippen molar-refractivity contribution in [2.45, 2.75) is 12.2 Å². The van der Waals surface area contributed by atoms with E-state index in [0.29, 0.717) is 18.0 Å². The maximum absolute atomic E-state index is 13.9. The van der Waals surface area contributed by atoms with E-state index >= 15 is 0 Å². The van der Waals surface area contributed by atoms with E-state index < -0.39 is 52.2 Å². The van der Waals surface area contributed by atoms with E-state index in [4.69, 9.17) is 11.6 Å². The number of benzene rings is 1. The van der Waals surface area contributed by atoms with Crippen LogP contribution in [0.5, 0.6) is 0 Å². The first-order chi connectivity index (χ1) is 19.0. The number of imide groups is 1. The predicted molar refractivity (Wildman–Crippen MR) is 136 cm³/mol. The van der Waals surface area contributed by atoms with Gasteiger partial charge in [0.1, 0.15) is 11.8 Å². The number of alkyl halides is 3. The minimum Gasteiger partial charge on any atom is -0.506 e. The zero-order valence-corrected chi connectivity index (χ0v) is 21.2. The molecule has 3 aromatic rings. The third-order valence-electron chi connectivity index (χ3n) is 7.13. The van der Waals surface area contributed by atoms with Crippen LogP contribution in [0.3, 0.4) is 0 Å². The van der Waals surface area contributed by atoms with Gasteiger partial charge < -0.3 is 5.11 Å². The molecule has 13 heteroatoms. The van der Waals surface area contributed by atoms with Crippen molar-refractivity contribution >= 4 is 46.5 Å². The largest absolute Gasteiger partial charge is 0.506 e. The fourth-order valence-corrected chi connectivity index (χ4v) is 5.62. The molecule has 202 valence electrons. The minimum absolute atomic E-state index is 0.0694. The van der Waals surface area contributed by atoms with Crippen molar-refractivity contribution in [1.82, 2.24) is 15.0 Å². The molecule has 0 radical (unpaired) electrons. The Labute approximate surface area is 229 Å². The molecule has 2 aromatic heterocycles. The van der Waals surface area contributed by atoms with Crippen molar-refractivity contribution < 1.29 is 32.7 Å². The van der Waals surface area contributed by atoms with E-state index in [0.717, 1.165) is 10.0 Å². The van der Waals surface area contributed by atoms with Crippen LogP contribution >= 0.6 is 11.6 Å². The number of hydrogen-bond acceptors (Lipinski definition) is 8. The number of aliphatic hydroxyl groups excluding tert-OH is 1. The van der Waals surface area contributed by atoms with Crippen LogP contribution in [0.4, 0.5) is 19.0 Å². The molecule has 1 fully saturated rings. The number of allylic oxidation sites excluding steroid dienone is 1. The number of halogens is 4. The van der Waals surface area contributed by atoms with Crippen molar-refractivity contribution in [3.05, 3.63) is 93.9 Å². The van der Waals surface area contributed by atoms with Crippen LogP contribution in [0.15, 0.2) is 71.5 Å². The summed E-state index contributed by atoms with van der Waals surface area (Å²) in [6, 6.07) is 11.0. The van der Waals surface area contributed by atoms with E-state index in [1.165, 1.54) is 19.3 Å². The van der Waals surface area contributed by atoms with Gasteiger partial charge >= 0.3 is 6.18 Å². The molecule has 1 N–H and O–H groups in total. The van der Waals surface area contributed by atoms with Gasteiger partial charge in [-0.25, -0.2) is 4.98 Å². The summed E-state index contributed by atoms with van der Waals surface area (Å²) in [7, 11) is 1.26. The second-order valence-corrected chi connectivity index (χ2v) is 9.76. The summed E-state index contributed by atoms with van der Waals surface area (Å²) in [6.45, 7) is 0. The number of carbonyl (C=O) groups excluding carboxylic acids is 3. The third-order valence-corrected chi connectivity index (χ3v) is 7.41. The van der Waals surface area contributed by atoms with Gasteiger partial charge in [-0.3, -0.25) is 29.4 Å². The lowest BCUT2D eigenvalue weighted by Gasteiger charge is -2.29. The van der Waals surface area contributed by atoms with Gasteiger partial charge in [-0.1, -0.05) is 41.9 Å². The Kier molecular flexibility index (Phi) is 5.77. The molecule has 1 saturated heterocycles. The number of amides is 2. The second-order valence-electron chi connectivity index (χ2n) is 9.35. The van der Waals surface area contributed by atoms with Crippen LogP contribution in [-0.2, 0) is 15.8 Å². The third kappa shape index (κ3) is 3.70. The highest BCUT2D eigenvalue weighted by Gasteiger charge is 2.60. The molecule has 9 nitrogen and oxygen atoms in total. The van der Waals surface area contributed by atoms with Crippen molar-refractivity contribution in [3.8, 4) is 0 Å². The molecule has 0 bridgehead atoms. The summed E-state index contributed by atoms with van der Waals surface area (Å²) >= 11 is 6.10. The zero-order chi connectivity index (χ0) is 28.5. The number of pyridine rings is 2. The molecule has 4 heterocycles. The summed E-state index contributed by atoms with van der Waals surface area (Å²) in [5.41, 5.74) is -0.508. The number of Topliss-reactive ketones (excluding diaryl/α,β-unsaturated/α-hetero) is 1. The maximum Gasteiger partial charge on any atom is 0.417 e. The summed E-state index contributed by atoms with van der Waals surface area (Å²) in [4.78, 5) is 53.7. The molecule has 1 aliphatic carbocycles. The number of fused-ring (bicyclic) bond motifs is 2. The molecule has 2 amide bonds. The van der Waals surface area contributed by atoms with Gasteiger partial charge in [0.2, 0.25) is 0 Å². The van der Waals surface area contributed by atoms with Gasteiger partial charge in [-0.05, 0) is 18.2 Å². The summed E-state index contributed by atoms with van der Waals surface area (Å²) in [6.07, 6.45) is -2.67. The molecule has 2 aliphatic heterocycles. The lowest BCUT2D eigenvalue weighted by Crippen LogP contribution is -2.46. The fraction of sp³-hybridized carbons (Fsp3) is 0.185. The summed E-state index contributed by atoms with van der Waals surface area (Å²) in [5.74, 6) is -5.17. The Hall–Kier alpha value is -4.58. The standard InChI is InChI=1S/C27H17ClF3N5O4/c1-35(24-15(28)10-12(11-33-24)27(29,30)31)36-25(39)17-18(26(36)40)21(34-20(17)16-8-4-5-9-32-16)19-22(37)13-6-2-3-7-14(13)23(19)38/h2-11,17-18,20,37H,1H3. The molecule has 0 spiro atoms. The fourth-order valence-electron chi connectivity index (χ4n) is 5.33. The Bertz CT molecular complexity index is 1670. The van der Waals surface area contributed by atoms with Crippen LogP contribution in [-0.4, -0.2) is 50.4 Å². The second kappa shape index (κ2) is 8.98. The van der Waals surface area contributed by atoms with Crippen molar-refractivity contribution in [2.24, 2.45) is 16.8 Å². The number of anilines is 1. The average Bonchev–Trinajstić information content (AvgIpc) is 3.52. The first-order valence-corrected chi connectivity index (χ1v) is 12.3. The number of carbonyl (C=O) groups is 3. The van der Waals surface area contributed by atoms with Crippen molar-refractivity contribution in [1.29, 1.82) is 0 Å². The highest BCUT2D eigenvalue weighted by molar-refractivity contribution is 6.40. The molecule has 6 rings (SSSR count). The summed E-state index contributed by atoms with van der Waals surface area (Å²) < 4.78 is 39.4. The van der Waals surface area contributed by atoms with E-state index in [1.807, 2.05) is 0 Å². The molecule has 3 atom stereocenters. The average molecular weight is 568 g/mol. The molecule has 3 aliphatic rings. The lowest BCUT2D eigenvalue weighted by molar-refractivity contribution is -0.141. The molecular weight excluding hydrogens is 551 g/mol. The normalized spacial score (nSPS) is 22.1. The number of hydrogen-bond donors (Lipinski definition) is 1. The quantitative estimate of drug-likeness (QED) is 0.463. The topological polar surface area (TPSA) is 116 Å². The Morgan fingerprint density at radius 3 is 2.33 bits per heavy atom. The number of ketones is 1. The summed E-state index contributed by atoms with van der Waals surface area (Å²) in [5, 5.41) is 12.3. The number of aliphatic hydroxyl groups is 1. The van der Waals surface area contributed by atoms with Gasteiger partial charge in [-0.15, -0.1) is 0 Å². The van der Waals surface area contributed by atoms with Crippen molar-refractivity contribution in [3.63, 3.8) is 0 Å². The number of aromatic nitrogens is 2. The molecule has 3 unspecified atom stereocenters. The van der Waals surface area contributed by atoms with Crippen LogP contribution in [0.1, 0.15) is 33.2 Å². The van der Waals surface area contributed by atoms with E-state index in [9.17, 15) is 32.7 Å². The lowest BCUT2D eigenvalue weighted by atomic mass is 9.84. The highest BCUT2D eigenvalue weighted by Crippen LogP contribution is 2.48. The highest BCUT2D eigenvalue weighted by atomic mass is 35.5. The van der Waals surface area contributed by atoms with E-state index in [1.54, 1.807) is 36.4 Å². The van der Waals surface area contributed by atoms with Gasteiger partial charge in [0, 0.05) is 30.6 Å². The smallest absolute Gasteiger partial charge is 0.417 e. The molecule has 40 heavy (non-hydrogen) atoms. The van der Waals surface area contributed by atoms with Crippen molar-refractivity contribution in [2.75, 3.05) is 12.1 Å². The van der Waals surface area contributed by atoms with Crippen LogP contribution in [0.2, 0.25) is 5.02 Å². The number of hydrazine groups is 1. The minimum atomic E-state index is -4.70. The number of rotatable bonds is 4. The van der Waals surface area contributed by atoms with E-state index in [-0.39, 0.29) is 34.0 Å².